The van der Waals surface area contributed by atoms with Crippen LogP contribution in [0.1, 0.15) is 27.9 Å². The lowest BCUT2D eigenvalue weighted by Gasteiger charge is -2.38. The molecule has 0 bridgehead atoms. The van der Waals surface area contributed by atoms with Gasteiger partial charge in [0.05, 0.1) is 17.8 Å². The Kier molecular flexibility index (Phi) is 4.59. The fourth-order valence-corrected chi connectivity index (χ4v) is 3.98. The number of carbonyl (C=O) groups excluding carboxylic acids is 1. The number of amides is 1. The van der Waals surface area contributed by atoms with Gasteiger partial charge in [0, 0.05) is 31.4 Å². The van der Waals surface area contributed by atoms with Gasteiger partial charge in [-0.25, -0.2) is 4.52 Å². The molecule has 7 heteroatoms. The third-order valence-corrected chi connectivity index (χ3v) is 5.81. The van der Waals surface area contributed by atoms with Crippen molar-refractivity contribution in [3.05, 3.63) is 78.0 Å². The Morgan fingerprint density at radius 2 is 1.87 bits per heavy atom. The first-order valence-electron chi connectivity index (χ1n) is 10.1. The van der Waals surface area contributed by atoms with E-state index in [1.165, 1.54) is 11.8 Å². The lowest BCUT2D eigenvalue weighted by atomic mass is 10.0. The summed E-state index contributed by atoms with van der Waals surface area (Å²) in [4.78, 5) is 16.8. The van der Waals surface area contributed by atoms with Gasteiger partial charge < -0.3 is 9.32 Å². The number of piperazine rings is 1. The van der Waals surface area contributed by atoms with Crippen molar-refractivity contribution in [2.45, 2.75) is 13.0 Å². The maximum absolute atomic E-state index is 12.7. The summed E-state index contributed by atoms with van der Waals surface area (Å²) >= 11 is 0. The number of hydrogen-bond acceptors (Lipinski definition) is 5. The number of hydrogen-bond donors (Lipinski definition) is 0. The van der Waals surface area contributed by atoms with Crippen LogP contribution in [0, 0.1) is 6.92 Å². The molecule has 1 aromatic carbocycles. The third kappa shape index (κ3) is 3.27. The van der Waals surface area contributed by atoms with Crippen molar-refractivity contribution in [1.82, 2.24) is 24.6 Å². The lowest BCUT2D eigenvalue weighted by molar-refractivity contribution is 0.0513. The van der Waals surface area contributed by atoms with Crippen molar-refractivity contribution in [3.63, 3.8) is 0 Å². The number of carbonyl (C=O) groups is 1. The quantitative estimate of drug-likeness (QED) is 0.526. The SMILES string of the molecule is Cc1ccc(-c2ccc3c([C@H]4CN(C(=O)c5ccco5)CCN4C)nnn3c2)cc1. The minimum absolute atomic E-state index is 0.0274. The highest BCUT2D eigenvalue weighted by Crippen LogP contribution is 2.28. The molecule has 4 heterocycles. The normalized spacial score (nSPS) is 17.5. The second-order valence-corrected chi connectivity index (χ2v) is 7.81. The molecule has 0 saturated carbocycles. The van der Waals surface area contributed by atoms with Crippen molar-refractivity contribution >= 4 is 11.4 Å². The number of likely N-dealkylation sites (N-methyl/N-ethyl adjacent to an activating group) is 1. The van der Waals surface area contributed by atoms with Gasteiger partial charge in [-0.2, -0.15) is 0 Å². The summed E-state index contributed by atoms with van der Waals surface area (Å²) < 4.78 is 7.12. The Morgan fingerprint density at radius 3 is 2.63 bits per heavy atom. The van der Waals surface area contributed by atoms with Gasteiger partial charge in [-0.1, -0.05) is 41.1 Å². The molecule has 3 aromatic heterocycles. The molecular formula is C23H23N5O2. The number of fused-ring (bicyclic) bond motifs is 1. The molecule has 1 fully saturated rings. The Hall–Kier alpha value is -3.45. The van der Waals surface area contributed by atoms with Crippen molar-refractivity contribution in [3.8, 4) is 11.1 Å². The Bertz CT molecular complexity index is 1180. The number of aryl methyl sites for hydroxylation is 1. The first-order valence-corrected chi connectivity index (χ1v) is 10.1. The molecule has 0 radical (unpaired) electrons. The zero-order valence-electron chi connectivity index (χ0n) is 17.0. The molecule has 4 aromatic rings. The topological polar surface area (TPSA) is 66.9 Å². The Balaban J connectivity index is 1.44. The highest BCUT2D eigenvalue weighted by atomic mass is 16.3. The number of aromatic nitrogens is 3. The van der Waals surface area contributed by atoms with Gasteiger partial charge in [0.25, 0.3) is 5.91 Å². The molecule has 5 rings (SSSR count). The summed E-state index contributed by atoms with van der Waals surface area (Å²) in [7, 11) is 2.06. The first kappa shape index (κ1) is 18.6. The van der Waals surface area contributed by atoms with Crippen LogP contribution in [0.2, 0.25) is 0 Å². The fraction of sp³-hybridized carbons (Fsp3) is 0.261. The van der Waals surface area contributed by atoms with Crippen LogP contribution in [0.3, 0.4) is 0 Å². The van der Waals surface area contributed by atoms with Gasteiger partial charge in [0.1, 0.15) is 5.69 Å². The first-order chi connectivity index (χ1) is 14.6. The summed E-state index contributed by atoms with van der Waals surface area (Å²) in [5.41, 5.74) is 5.30. The summed E-state index contributed by atoms with van der Waals surface area (Å²) in [5.74, 6) is 0.282. The minimum Gasteiger partial charge on any atom is -0.459 e. The van der Waals surface area contributed by atoms with E-state index in [1.807, 2.05) is 15.6 Å². The molecule has 7 nitrogen and oxygen atoms in total. The van der Waals surface area contributed by atoms with Crippen LogP contribution in [0.5, 0.6) is 0 Å². The predicted molar refractivity (Wildman–Crippen MR) is 113 cm³/mol. The molecule has 0 aliphatic carbocycles. The number of rotatable bonds is 3. The molecular weight excluding hydrogens is 378 g/mol. The van der Waals surface area contributed by atoms with Crippen LogP contribution in [0.25, 0.3) is 16.6 Å². The molecule has 1 atom stereocenters. The molecule has 152 valence electrons. The van der Waals surface area contributed by atoms with Gasteiger partial charge >= 0.3 is 0 Å². The van der Waals surface area contributed by atoms with Gasteiger partial charge in [-0.15, -0.1) is 5.10 Å². The van der Waals surface area contributed by atoms with Gasteiger partial charge in [0.15, 0.2) is 5.76 Å². The van der Waals surface area contributed by atoms with E-state index in [-0.39, 0.29) is 11.9 Å². The molecule has 0 N–H and O–H groups in total. The monoisotopic (exact) mass is 401 g/mol. The zero-order valence-corrected chi connectivity index (χ0v) is 17.0. The predicted octanol–water partition coefficient (Wildman–Crippen LogP) is 3.43. The van der Waals surface area contributed by atoms with Gasteiger partial charge in [-0.3, -0.25) is 9.69 Å². The van der Waals surface area contributed by atoms with Crippen LogP contribution >= 0.6 is 0 Å². The molecule has 1 amide bonds. The van der Waals surface area contributed by atoms with Gasteiger partial charge in [0.2, 0.25) is 0 Å². The van der Waals surface area contributed by atoms with E-state index in [0.717, 1.165) is 28.9 Å². The van der Waals surface area contributed by atoms with Crippen LogP contribution in [-0.2, 0) is 0 Å². The van der Waals surface area contributed by atoms with Crippen molar-refractivity contribution in [2.75, 3.05) is 26.7 Å². The van der Waals surface area contributed by atoms with Gasteiger partial charge in [-0.05, 0) is 37.7 Å². The summed E-state index contributed by atoms with van der Waals surface area (Å²) in [5, 5.41) is 8.85. The molecule has 0 spiro atoms. The Labute approximate surface area is 174 Å². The highest BCUT2D eigenvalue weighted by Gasteiger charge is 2.32. The van der Waals surface area contributed by atoms with Crippen LogP contribution < -0.4 is 0 Å². The average Bonchev–Trinajstić information content (AvgIpc) is 3.44. The Morgan fingerprint density at radius 1 is 1.07 bits per heavy atom. The van der Waals surface area contributed by atoms with Crippen molar-refractivity contribution in [1.29, 1.82) is 0 Å². The van der Waals surface area contributed by atoms with E-state index in [4.69, 9.17) is 4.42 Å². The van der Waals surface area contributed by atoms with E-state index < -0.39 is 0 Å². The second kappa shape index (κ2) is 7.42. The smallest absolute Gasteiger partial charge is 0.289 e. The molecule has 0 unspecified atom stereocenters. The summed E-state index contributed by atoms with van der Waals surface area (Å²) in [6, 6.07) is 16.0. The lowest BCUT2D eigenvalue weighted by Crippen LogP contribution is -2.49. The fourth-order valence-electron chi connectivity index (χ4n) is 3.98. The van der Waals surface area contributed by atoms with E-state index in [2.05, 4.69) is 65.6 Å². The maximum atomic E-state index is 12.7. The molecule has 1 aliphatic rings. The van der Waals surface area contributed by atoms with E-state index in [9.17, 15) is 4.79 Å². The second-order valence-electron chi connectivity index (χ2n) is 7.81. The third-order valence-electron chi connectivity index (χ3n) is 5.81. The van der Waals surface area contributed by atoms with Crippen LogP contribution in [0.15, 0.2) is 65.4 Å². The number of nitrogens with zero attached hydrogens (tertiary/aromatic N) is 5. The summed E-state index contributed by atoms with van der Waals surface area (Å²) in [6.45, 7) is 4.04. The number of benzene rings is 1. The standard InChI is InChI=1S/C23H23N5O2/c1-16-5-7-17(8-6-16)18-9-10-19-22(24-25-28(19)14-18)20-15-27(12-11-26(20)2)23(29)21-4-3-13-30-21/h3-10,13-14,20H,11-12,15H2,1-2H3/t20-/m1/s1. The van der Waals surface area contributed by atoms with E-state index in [0.29, 0.717) is 18.8 Å². The molecule has 1 saturated heterocycles. The minimum atomic E-state index is -0.0868. The number of pyridine rings is 1. The van der Waals surface area contributed by atoms with Crippen LogP contribution in [-0.4, -0.2) is 57.2 Å². The van der Waals surface area contributed by atoms with E-state index in [1.54, 1.807) is 12.1 Å². The van der Waals surface area contributed by atoms with Crippen molar-refractivity contribution < 1.29 is 9.21 Å². The highest BCUT2D eigenvalue weighted by molar-refractivity contribution is 5.91. The summed E-state index contributed by atoms with van der Waals surface area (Å²) in [6.07, 6.45) is 3.53. The zero-order chi connectivity index (χ0) is 20.7. The maximum Gasteiger partial charge on any atom is 0.289 e. The average molecular weight is 401 g/mol. The van der Waals surface area contributed by atoms with E-state index >= 15 is 0 Å². The largest absolute Gasteiger partial charge is 0.459 e. The van der Waals surface area contributed by atoms with Crippen LogP contribution in [0.4, 0.5) is 0 Å². The molecule has 1 aliphatic heterocycles. The molecule has 30 heavy (non-hydrogen) atoms. The number of furan rings is 1. The van der Waals surface area contributed by atoms with Crippen molar-refractivity contribution in [2.24, 2.45) is 0 Å².